The van der Waals surface area contributed by atoms with Crippen LogP contribution in [0.3, 0.4) is 0 Å². The molecule has 51 heavy (non-hydrogen) atoms. The highest BCUT2D eigenvalue weighted by molar-refractivity contribution is 6.10. The topological polar surface area (TPSA) is 14.8 Å². The van der Waals surface area contributed by atoms with Gasteiger partial charge in [-0.3, -0.25) is 0 Å². The predicted molar refractivity (Wildman–Crippen MR) is 215 cm³/mol. The van der Waals surface area contributed by atoms with Gasteiger partial charge in [0.05, 0.1) is 50.5 Å². The van der Waals surface area contributed by atoms with E-state index in [0.717, 1.165) is 28.5 Å². The monoisotopic (exact) mass is 653 g/mol. The lowest BCUT2D eigenvalue weighted by Gasteiger charge is -2.19. The third-order valence-corrected chi connectivity index (χ3v) is 10.3. The Morgan fingerprint density at radius 1 is 0.314 bits per heavy atom. The van der Waals surface area contributed by atoms with E-state index in [0.29, 0.717) is 0 Å². The van der Waals surface area contributed by atoms with Crippen LogP contribution in [0.5, 0.6) is 0 Å². The lowest BCUT2D eigenvalue weighted by Crippen LogP contribution is -2.05. The molecule has 0 N–H and O–H groups in total. The van der Waals surface area contributed by atoms with Gasteiger partial charge in [-0.1, -0.05) is 120 Å². The lowest BCUT2D eigenvalue weighted by atomic mass is 10.1. The number of rotatable bonds is 5. The first-order valence-corrected chi connectivity index (χ1v) is 17.6. The Kier molecular flexibility index (Phi) is 6.62. The van der Waals surface area contributed by atoms with Gasteiger partial charge in [0.15, 0.2) is 0 Å². The molecular formula is C48H35N3. The van der Waals surface area contributed by atoms with Gasteiger partial charge in [0, 0.05) is 21.5 Å². The number of hydrogen-bond donors (Lipinski definition) is 0. The summed E-state index contributed by atoms with van der Waals surface area (Å²) in [6, 6.07) is 64.4. The van der Waals surface area contributed by atoms with Crippen molar-refractivity contribution in [2.45, 2.75) is 13.8 Å². The van der Waals surface area contributed by atoms with Crippen molar-refractivity contribution in [2.24, 2.45) is 0 Å². The summed E-state index contributed by atoms with van der Waals surface area (Å²) < 4.78 is 7.33. The number of para-hydroxylation sites is 2. The second-order valence-electron chi connectivity index (χ2n) is 13.7. The number of nitrogens with zero attached hydrogens (tertiary/aromatic N) is 3. The average Bonchev–Trinajstić information content (AvgIpc) is 3.85. The predicted octanol–water partition coefficient (Wildman–Crippen LogP) is 12.6. The van der Waals surface area contributed by atoms with Crippen LogP contribution in [-0.4, -0.2) is 13.7 Å². The smallest absolute Gasteiger partial charge is 0.0541 e. The first-order chi connectivity index (χ1) is 25.1. The summed E-state index contributed by atoms with van der Waals surface area (Å²) in [6.07, 6.45) is 0. The van der Waals surface area contributed by atoms with Crippen LogP contribution in [0.15, 0.2) is 176 Å². The minimum absolute atomic E-state index is 1.11. The molecule has 0 aliphatic carbocycles. The van der Waals surface area contributed by atoms with Crippen molar-refractivity contribution in [2.75, 3.05) is 0 Å². The molecule has 10 aromatic rings. The maximum atomic E-state index is 2.46. The quantitative estimate of drug-likeness (QED) is 0.176. The van der Waals surface area contributed by atoms with E-state index in [4.69, 9.17) is 0 Å². The van der Waals surface area contributed by atoms with E-state index in [-0.39, 0.29) is 0 Å². The minimum atomic E-state index is 1.11. The Bertz CT molecular complexity index is 2730. The highest BCUT2D eigenvalue weighted by Gasteiger charge is 2.20. The standard InChI is InChI=1S/C48H35N3/c1-32-21-23-45-41(25-32)42-26-33(2)22-24-46(42)51(45)40-30-38(49-43-19-11-9-17-36(43)27-47(49)34-13-5-3-6-14-34)29-39(31-40)50-44-20-12-10-18-37(44)28-48(50)35-15-7-4-8-16-35/h3-31H,1-2H3. The summed E-state index contributed by atoms with van der Waals surface area (Å²) >= 11 is 0. The highest BCUT2D eigenvalue weighted by atomic mass is 15.0. The molecular weight excluding hydrogens is 619 g/mol. The summed E-state index contributed by atoms with van der Waals surface area (Å²) in [7, 11) is 0. The first-order valence-electron chi connectivity index (χ1n) is 17.6. The zero-order valence-electron chi connectivity index (χ0n) is 28.6. The van der Waals surface area contributed by atoms with Crippen LogP contribution in [0.2, 0.25) is 0 Å². The first kappa shape index (κ1) is 29.3. The maximum absolute atomic E-state index is 2.46. The van der Waals surface area contributed by atoms with Crippen molar-refractivity contribution in [1.82, 2.24) is 13.7 Å². The van der Waals surface area contributed by atoms with Crippen LogP contribution in [0.1, 0.15) is 11.1 Å². The van der Waals surface area contributed by atoms with Crippen LogP contribution in [0.4, 0.5) is 0 Å². The van der Waals surface area contributed by atoms with E-state index >= 15 is 0 Å². The molecule has 3 heteroatoms. The SMILES string of the molecule is Cc1ccc2c(c1)c1cc(C)ccc1n2-c1cc(-n2c(-c3ccccc3)cc3ccccc32)cc(-n2c(-c3ccccc3)cc3ccccc32)c1. The molecule has 10 rings (SSSR count). The second kappa shape index (κ2) is 11.5. The van der Waals surface area contributed by atoms with Crippen molar-refractivity contribution in [3.05, 3.63) is 187 Å². The number of fused-ring (bicyclic) bond motifs is 5. The van der Waals surface area contributed by atoms with Gasteiger partial charge in [-0.05, 0) is 91.7 Å². The van der Waals surface area contributed by atoms with Gasteiger partial charge in [-0.2, -0.15) is 0 Å². The third kappa shape index (κ3) is 4.74. The fourth-order valence-corrected chi connectivity index (χ4v) is 8.00. The third-order valence-electron chi connectivity index (χ3n) is 10.3. The summed E-state index contributed by atoms with van der Waals surface area (Å²) in [6.45, 7) is 4.36. The van der Waals surface area contributed by atoms with E-state index in [2.05, 4.69) is 203 Å². The molecule has 0 fully saturated rings. The highest BCUT2D eigenvalue weighted by Crippen LogP contribution is 2.39. The molecule has 0 spiro atoms. The molecule has 3 nitrogen and oxygen atoms in total. The van der Waals surface area contributed by atoms with E-state index in [1.807, 2.05) is 0 Å². The number of aromatic nitrogens is 3. The molecule has 242 valence electrons. The number of benzene rings is 7. The van der Waals surface area contributed by atoms with Crippen molar-refractivity contribution in [1.29, 1.82) is 0 Å². The van der Waals surface area contributed by atoms with Gasteiger partial charge in [-0.15, -0.1) is 0 Å². The Morgan fingerprint density at radius 2 is 0.706 bits per heavy atom. The van der Waals surface area contributed by atoms with Crippen molar-refractivity contribution >= 4 is 43.6 Å². The molecule has 0 aliphatic rings. The molecule has 0 aliphatic heterocycles. The summed E-state index contributed by atoms with van der Waals surface area (Å²) in [5.41, 5.74) is 15.3. The Balaban J connectivity index is 1.35. The molecule has 3 aromatic heterocycles. The van der Waals surface area contributed by atoms with Gasteiger partial charge >= 0.3 is 0 Å². The molecule has 0 saturated heterocycles. The molecule has 0 unspecified atom stereocenters. The molecule has 3 heterocycles. The van der Waals surface area contributed by atoms with Crippen LogP contribution < -0.4 is 0 Å². The van der Waals surface area contributed by atoms with Crippen molar-refractivity contribution in [3.8, 4) is 39.6 Å². The van der Waals surface area contributed by atoms with Crippen LogP contribution in [0, 0.1) is 13.8 Å². The fourth-order valence-electron chi connectivity index (χ4n) is 8.00. The van der Waals surface area contributed by atoms with Crippen LogP contribution >= 0.6 is 0 Å². The maximum Gasteiger partial charge on any atom is 0.0541 e. The molecule has 0 saturated carbocycles. The van der Waals surface area contributed by atoms with Gasteiger partial charge < -0.3 is 13.7 Å². The largest absolute Gasteiger partial charge is 0.309 e. The summed E-state index contributed by atoms with van der Waals surface area (Å²) in [5.74, 6) is 0. The zero-order chi connectivity index (χ0) is 34.1. The summed E-state index contributed by atoms with van der Waals surface area (Å²) in [4.78, 5) is 0. The van der Waals surface area contributed by atoms with Crippen molar-refractivity contribution in [3.63, 3.8) is 0 Å². The zero-order valence-corrected chi connectivity index (χ0v) is 28.6. The van der Waals surface area contributed by atoms with Crippen LogP contribution in [-0.2, 0) is 0 Å². The van der Waals surface area contributed by atoms with Gasteiger partial charge in [0.1, 0.15) is 0 Å². The van der Waals surface area contributed by atoms with Gasteiger partial charge in [0.25, 0.3) is 0 Å². The van der Waals surface area contributed by atoms with E-state index in [9.17, 15) is 0 Å². The van der Waals surface area contributed by atoms with E-state index in [1.54, 1.807) is 0 Å². The van der Waals surface area contributed by atoms with Crippen molar-refractivity contribution < 1.29 is 0 Å². The Hall–Kier alpha value is -6.58. The van der Waals surface area contributed by atoms with E-state index in [1.165, 1.54) is 65.9 Å². The molecule has 0 bridgehead atoms. The fraction of sp³-hybridized carbons (Fsp3) is 0.0417. The van der Waals surface area contributed by atoms with Gasteiger partial charge in [-0.25, -0.2) is 0 Å². The average molecular weight is 654 g/mol. The minimum Gasteiger partial charge on any atom is -0.309 e. The number of hydrogen-bond acceptors (Lipinski definition) is 0. The summed E-state index contributed by atoms with van der Waals surface area (Å²) in [5, 5.41) is 4.96. The molecule has 0 amide bonds. The molecule has 0 radical (unpaired) electrons. The lowest BCUT2D eigenvalue weighted by molar-refractivity contribution is 1.07. The van der Waals surface area contributed by atoms with Crippen LogP contribution in [0.25, 0.3) is 83.2 Å². The Morgan fingerprint density at radius 3 is 1.16 bits per heavy atom. The number of aryl methyl sites for hydroxylation is 2. The second-order valence-corrected chi connectivity index (χ2v) is 13.7. The molecule has 7 aromatic carbocycles. The van der Waals surface area contributed by atoms with E-state index < -0.39 is 0 Å². The Labute approximate surface area is 296 Å². The normalized spacial score (nSPS) is 11.7. The van der Waals surface area contributed by atoms with Gasteiger partial charge in [0.2, 0.25) is 0 Å². The molecule has 0 atom stereocenters.